The Hall–Kier alpha value is -1.28. The topological polar surface area (TPSA) is 25.2 Å². The van der Waals surface area contributed by atoms with Crippen LogP contribution in [0, 0.1) is 0 Å². The Morgan fingerprint density at radius 1 is 1.19 bits per heavy atom. The minimum atomic E-state index is -0.770. The van der Waals surface area contributed by atoms with Crippen LogP contribution in [0.3, 0.4) is 0 Å². The van der Waals surface area contributed by atoms with E-state index in [1.165, 1.54) is 10.9 Å². The first-order valence-corrected chi connectivity index (χ1v) is 5.73. The summed E-state index contributed by atoms with van der Waals surface area (Å²) in [5.74, 6) is 0. The van der Waals surface area contributed by atoms with Gasteiger partial charge in [-0.1, -0.05) is 6.07 Å². The average Bonchev–Trinajstić information content (AvgIpc) is 2.58. The molecule has 0 aliphatic rings. The summed E-state index contributed by atoms with van der Waals surface area (Å²) in [6.45, 7) is 7.97. The van der Waals surface area contributed by atoms with Crippen molar-refractivity contribution < 1.29 is 5.11 Å². The fourth-order valence-electron chi connectivity index (χ4n) is 1.99. The van der Waals surface area contributed by atoms with E-state index in [2.05, 4.69) is 42.8 Å². The molecular weight excluding hydrogens is 198 g/mol. The lowest BCUT2D eigenvalue weighted by Crippen LogP contribution is -2.15. The number of aliphatic hydroxyl groups is 1. The lowest BCUT2D eigenvalue weighted by molar-refractivity contribution is 0.0787. The second kappa shape index (κ2) is 3.63. The molecule has 2 rings (SSSR count). The molecule has 0 amide bonds. The van der Waals surface area contributed by atoms with E-state index < -0.39 is 5.60 Å². The first-order chi connectivity index (χ1) is 7.39. The van der Waals surface area contributed by atoms with Crippen molar-refractivity contribution in [3.05, 3.63) is 36.0 Å². The zero-order valence-corrected chi connectivity index (χ0v) is 10.4. The van der Waals surface area contributed by atoms with Gasteiger partial charge in [0.25, 0.3) is 0 Å². The van der Waals surface area contributed by atoms with Gasteiger partial charge in [0.15, 0.2) is 0 Å². The molecule has 0 saturated carbocycles. The fourth-order valence-corrected chi connectivity index (χ4v) is 1.99. The quantitative estimate of drug-likeness (QED) is 0.819. The number of nitrogens with zero attached hydrogens (tertiary/aromatic N) is 1. The molecule has 2 aromatic rings. The van der Waals surface area contributed by atoms with Crippen molar-refractivity contribution in [2.45, 2.75) is 39.3 Å². The largest absolute Gasteiger partial charge is 0.386 e. The van der Waals surface area contributed by atoms with Crippen LogP contribution >= 0.6 is 0 Å². The molecule has 1 aromatic heterocycles. The Kier molecular flexibility index (Phi) is 2.55. The highest BCUT2D eigenvalue weighted by Crippen LogP contribution is 2.26. The van der Waals surface area contributed by atoms with Gasteiger partial charge < -0.3 is 9.67 Å². The molecule has 0 unspecified atom stereocenters. The first kappa shape index (κ1) is 11.2. The summed E-state index contributed by atoms with van der Waals surface area (Å²) in [6.07, 6.45) is 2.10. The molecule has 0 radical (unpaired) electrons. The van der Waals surface area contributed by atoms with Crippen LogP contribution in [0.15, 0.2) is 30.5 Å². The average molecular weight is 217 g/mol. The van der Waals surface area contributed by atoms with Crippen molar-refractivity contribution in [1.29, 1.82) is 0 Å². The van der Waals surface area contributed by atoms with Gasteiger partial charge in [-0.3, -0.25) is 0 Å². The van der Waals surface area contributed by atoms with E-state index in [4.69, 9.17) is 0 Å². The summed E-state index contributed by atoms with van der Waals surface area (Å²) in [7, 11) is 0. The Labute approximate surface area is 96.5 Å². The van der Waals surface area contributed by atoms with Crippen LogP contribution < -0.4 is 0 Å². The van der Waals surface area contributed by atoms with Gasteiger partial charge in [0.05, 0.1) is 5.60 Å². The predicted octanol–water partition coefficient (Wildman–Crippen LogP) is 3.45. The van der Waals surface area contributed by atoms with Crippen molar-refractivity contribution >= 4 is 10.9 Å². The van der Waals surface area contributed by atoms with Crippen molar-refractivity contribution in [3.8, 4) is 0 Å². The predicted molar refractivity (Wildman–Crippen MR) is 67.6 cm³/mol. The van der Waals surface area contributed by atoms with Gasteiger partial charge in [0.1, 0.15) is 0 Å². The molecule has 1 N–H and O–H groups in total. The maximum Gasteiger partial charge on any atom is 0.0840 e. The van der Waals surface area contributed by atoms with Crippen molar-refractivity contribution in [2.75, 3.05) is 0 Å². The molecule has 16 heavy (non-hydrogen) atoms. The highest BCUT2D eigenvalue weighted by Gasteiger charge is 2.16. The zero-order valence-electron chi connectivity index (χ0n) is 10.4. The van der Waals surface area contributed by atoms with Crippen LogP contribution in [0.2, 0.25) is 0 Å². The van der Waals surface area contributed by atoms with Crippen LogP contribution in [0.25, 0.3) is 10.9 Å². The molecule has 0 bridgehead atoms. The summed E-state index contributed by atoms with van der Waals surface area (Å²) >= 11 is 0. The number of rotatable bonds is 2. The van der Waals surface area contributed by atoms with Crippen LogP contribution in [0.5, 0.6) is 0 Å². The summed E-state index contributed by atoms with van der Waals surface area (Å²) < 4.78 is 2.24. The van der Waals surface area contributed by atoms with Crippen LogP contribution in [-0.4, -0.2) is 9.67 Å². The number of hydrogen-bond donors (Lipinski definition) is 1. The van der Waals surface area contributed by atoms with E-state index in [1.54, 1.807) is 0 Å². The number of aromatic nitrogens is 1. The fraction of sp³-hybridized carbons (Fsp3) is 0.429. The molecule has 2 nitrogen and oxygen atoms in total. The maximum absolute atomic E-state index is 9.96. The van der Waals surface area contributed by atoms with Gasteiger partial charge in [-0.2, -0.15) is 0 Å². The molecular formula is C14H19NO. The lowest BCUT2D eigenvalue weighted by atomic mass is 9.97. The molecule has 1 heterocycles. The van der Waals surface area contributed by atoms with Gasteiger partial charge in [-0.25, -0.2) is 0 Å². The molecule has 0 aliphatic heterocycles. The van der Waals surface area contributed by atoms with Crippen molar-refractivity contribution in [3.63, 3.8) is 0 Å². The molecule has 0 spiro atoms. The van der Waals surface area contributed by atoms with Crippen LogP contribution in [-0.2, 0) is 5.60 Å². The third kappa shape index (κ3) is 1.85. The van der Waals surface area contributed by atoms with E-state index in [-0.39, 0.29) is 0 Å². The maximum atomic E-state index is 9.96. The molecule has 0 fully saturated rings. The van der Waals surface area contributed by atoms with E-state index in [1.807, 2.05) is 19.9 Å². The Balaban J connectivity index is 2.58. The smallest absolute Gasteiger partial charge is 0.0840 e. The van der Waals surface area contributed by atoms with E-state index in [0.717, 1.165) is 5.56 Å². The molecule has 2 heteroatoms. The van der Waals surface area contributed by atoms with Crippen molar-refractivity contribution in [2.24, 2.45) is 0 Å². The highest BCUT2D eigenvalue weighted by atomic mass is 16.3. The SMILES string of the molecule is CC(C)n1ccc2cc(C(C)(C)O)ccc21. The monoisotopic (exact) mass is 217 g/mol. The summed E-state index contributed by atoms with van der Waals surface area (Å²) in [5, 5.41) is 11.1. The number of benzene rings is 1. The normalized spacial score (nSPS) is 12.6. The number of hydrogen-bond acceptors (Lipinski definition) is 1. The van der Waals surface area contributed by atoms with Gasteiger partial charge in [0.2, 0.25) is 0 Å². The van der Waals surface area contributed by atoms with E-state index >= 15 is 0 Å². The van der Waals surface area contributed by atoms with Gasteiger partial charge >= 0.3 is 0 Å². The van der Waals surface area contributed by atoms with Gasteiger partial charge in [-0.15, -0.1) is 0 Å². The Morgan fingerprint density at radius 3 is 2.44 bits per heavy atom. The number of fused-ring (bicyclic) bond motifs is 1. The summed E-state index contributed by atoms with van der Waals surface area (Å²) in [4.78, 5) is 0. The third-order valence-corrected chi connectivity index (χ3v) is 2.98. The van der Waals surface area contributed by atoms with Crippen molar-refractivity contribution in [1.82, 2.24) is 4.57 Å². The highest BCUT2D eigenvalue weighted by molar-refractivity contribution is 5.81. The zero-order chi connectivity index (χ0) is 11.9. The molecule has 0 saturated heterocycles. The van der Waals surface area contributed by atoms with E-state index in [9.17, 15) is 5.11 Å². The molecule has 0 atom stereocenters. The van der Waals surface area contributed by atoms with Gasteiger partial charge in [-0.05, 0) is 56.8 Å². The Morgan fingerprint density at radius 2 is 1.88 bits per heavy atom. The second-order valence-electron chi connectivity index (χ2n) is 5.15. The molecule has 0 aliphatic carbocycles. The Bertz CT molecular complexity index is 503. The van der Waals surface area contributed by atoms with Crippen LogP contribution in [0.1, 0.15) is 39.3 Å². The van der Waals surface area contributed by atoms with E-state index in [0.29, 0.717) is 6.04 Å². The van der Waals surface area contributed by atoms with Gasteiger partial charge in [0, 0.05) is 17.8 Å². The summed E-state index contributed by atoms with van der Waals surface area (Å²) in [5.41, 5.74) is 1.42. The third-order valence-electron chi connectivity index (χ3n) is 2.98. The second-order valence-corrected chi connectivity index (χ2v) is 5.15. The summed E-state index contributed by atoms with van der Waals surface area (Å²) in [6, 6.07) is 8.72. The molecule has 1 aromatic carbocycles. The lowest BCUT2D eigenvalue weighted by Gasteiger charge is -2.18. The minimum absolute atomic E-state index is 0.463. The standard InChI is InChI=1S/C14H19NO/c1-10(2)15-8-7-11-9-12(14(3,4)16)5-6-13(11)15/h5-10,16H,1-4H3. The molecule has 86 valence electrons. The van der Waals surface area contributed by atoms with Crippen LogP contribution in [0.4, 0.5) is 0 Å². The minimum Gasteiger partial charge on any atom is -0.386 e. The first-order valence-electron chi connectivity index (χ1n) is 5.73.